The van der Waals surface area contributed by atoms with Crippen molar-refractivity contribution in [1.29, 1.82) is 0 Å². The van der Waals surface area contributed by atoms with E-state index < -0.39 is 0 Å². The molecule has 2 atom stereocenters. The van der Waals surface area contributed by atoms with Crippen molar-refractivity contribution in [2.45, 2.75) is 70.4 Å². The van der Waals surface area contributed by atoms with Gasteiger partial charge in [-0.2, -0.15) is 0 Å². The van der Waals surface area contributed by atoms with Crippen molar-refractivity contribution in [3.63, 3.8) is 0 Å². The number of nitrogens with zero attached hydrogens (tertiary/aromatic N) is 1. The summed E-state index contributed by atoms with van der Waals surface area (Å²) in [5.74, 6) is 1.13. The van der Waals surface area contributed by atoms with Crippen molar-refractivity contribution in [1.82, 2.24) is 4.90 Å². The second-order valence-electron chi connectivity index (χ2n) is 8.96. The van der Waals surface area contributed by atoms with E-state index in [1.165, 1.54) is 11.1 Å². The van der Waals surface area contributed by atoms with E-state index in [0.29, 0.717) is 13.0 Å². The normalized spacial score (nSPS) is 23.4. The fraction of sp³-hybridized carbons (Fsp3) is 0.519. The summed E-state index contributed by atoms with van der Waals surface area (Å²) in [7, 11) is 1.74. The Balaban J connectivity index is 1.91. The number of hydrogen-bond donors (Lipinski definition) is 0. The molecule has 2 aromatic carbocycles. The highest BCUT2D eigenvalue weighted by molar-refractivity contribution is 5.75. The van der Waals surface area contributed by atoms with Crippen molar-refractivity contribution in [2.75, 3.05) is 20.3 Å². The maximum Gasteiger partial charge on any atom is 0.222 e. The van der Waals surface area contributed by atoms with Crippen LogP contribution in [0.3, 0.4) is 0 Å². The predicted molar refractivity (Wildman–Crippen MR) is 125 cm³/mol. The maximum absolute atomic E-state index is 12.8. The Morgan fingerprint density at radius 1 is 1.10 bits per heavy atom. The topological polar surface area (TPSA) is 38.8 Å². The van der Waals surface area contributed by atoms with Crippen LogP contribution in [0, 0.1) is 0 Å². The molecule has 0 bridgehead atoms. The molecule has 31 heavy (non-hydrogen) atoms. The van der Waals surface area contributed by atoms with Crippen LogP contribution in [0.1, 0.15) is 64.0 Å². The lowest BCUT2D eigenvalue weighted by molar-refractivity contribution is -0.132. The average molecular weight is 424 g/mol. The minimum Gasteiger partial charge on any atom is -0.496 e. The van der Waals surface area contributed by atoms with E-state index in [0.717, 1.165) is 44.6 Å². The molecule has 0 spiro atoms. The van der Waals surface area contributed by atoms with Gasteiger partial charge >= 0.3 is 0 Å². The van der Waals surface area contributed by atoms with E-state index in [4.69, 9.17) is 9.47 Å². The SMILES string of the molecule is CCC(=O)N(CC[C@@]1(c2ccccc2OC)CCO[C@@](C)(CC)C1)Cc1ccccc1. The molecule has 1 heterocycles. The van der Waals surface area contributed by atoms with Gasteiger partial charge in [-0.3, -0.25) is 4.79 Å². The summed E-state index contributed by atoms with van der Waals surface area (Å²) in [6.45, 7) is 8.45. The zero-order valence-corrected chi connectivity index (χ0v) is 19.5. The van der Waals surface area contributed by atoms with E-state index in [2.05, 4.69) is 44.2 Å². The molecule has 1 aliphatic rings. The molecule has 1 saturated heterocycles. The van der Waals surface area contributed by atoms with E-state index >= 15 is 0 Å². The van der Waals surface area contributed by atoms with Gasteiger partial charge < -0.3 is 14.4 Å². The molecule has 2 aromatic rings. The molecule has 0 N–H and O–H groups in total. The Morgan fingerprint density at radius 2 is 1.81 bits per heavy atom. The van der Waals surface area contributed by atoms with Crippen LogP contribution in [0.25, 0.3) is 0 Å². The van der Waals surface area contributed by atoms with E-state index in [1.54, 1.807) is 7.11 Å². The Hall–Kier alpha value is -2.33. The summed E-state index contributed by atoms with van der Waals surface area (Å²) in [5.41, 5.74) is 2.15. The van der Waals surface area contributed by atoms with Gasteiger partial charge in [0, 0.05) is 37.1 Å². The number of benzene rings is 2. The number of hydrogen-bond acceptors (Lipinski definition) is 3. The number of methoxy groups -OCH3 is 1. The molecule has 1 amide bonds. The van der Waals surface area contributed by atoms with Crippen LogP contribution < -0.4 is 4.74 Å². The molecule has 1 fully saturated rings. The van der Waals surface area contributed by atoms with Gasteiger partial charge in [0.05, 0.1) is 12.7 Å². The smallest absolute Gasteiger partial charge is 0.222 e. The van der Waals surface area contributed by atoms with Crippen LogP contribution in [0.2, 0.25) is 0 Å². The molecule has 168 valence electrons. The van der Waals surface area contributed by atoms with Gasteiger partial charge in [0.2, 0.25) is 5.91 Å². The maximum atomic E-state index is 12.8. The van der Waals surface area contributed by atoms with E-state index in [1.807, 2.05) is 36.1 Å². The van der Waals surface area contributed by atoms with Gasteiger partial charge in [-0.05, 0) is 44.2 Å². The third kappa shape index (κ3) is 5.48. The monoisotopic (exact) mass is 423 g/mol. The highest BCUT2D eigenvalue weighted by atomic mass is 16.5. The molecule has 0 unspecified atom stereocenters. The number of rotatable bonds is 9. The summed E-state index contributed by atoms with van der Waals surface area (Å²) < 4.78 is 12.0. The average Bonchev–Trinajstić information content (AvgIpc) is 2.82. The molecule has 0 aromatic heterocycles. The Labute approximate surface area is 187 Å². The number of para-hydroxylation sites is 1. The number of amides is 1. The minimum atomic E-state index is -0.169. The summed E-state index contributed by atoms with van der Waals surface area (Å²) >= 11 is 0. The zero-order valence-electron chi connectivity index (χ0n) is 19.5. The molecule has 0 radical (unpaired) electrons. The Bertz CT molecular complexity index is 853. The largest absolute Gasteiger partial charge is 0.496 e. The summed E-state index contributed by atoms with van der Waals surface area (Å²) in [5, 5.41) is 0. The lowest BCUT2D eigenvalue weighted by atomic mass is 9.66. The van der Waals surface area contributed by atoms with Crippen LogP contribution in [0.5, 0.6) is 5.75 Å². The first-order valence-electron chi connectivity index (χ1n) is 11.5. The van der Waals surface area contributed by atoms with E-state index in [9.17, 15) is 4.79 Å². The number of ether oxygens (including phenoxy) is 2. The molecular formula is C27H37NO3. The second-order valence-corrected chi connectivity index (χ2v) is 8.96. The van der Waals surface area contributed by atoms with Gasteiger partial charge in [0.1, 0.15) is 5.75 Å². The predicted octanol–water partition coefficient (Wildman–Crippen LogP) is 5.74. The molecule has 4 nitrogen and oxygen atoms in total. The fourth-order valence-electron chi connectivity index (χ4n) is 4.90. The third-order valence-corrected chi connectivity index (χ3v) is 6.90. The van der Waals surface area contributed by atoms with E-state index in [-0.39, 0.29) is 16.9 Å². The van der Waals surface area contributed by atoms with Gasteiger partial charge in [-0.15, -0.1) is 0 Å². The van der Waals surface area contributed by atoms with Gasteiger partial charge in [0.15, 0.2) is 0 Å². The van der Waals surface area contributed by atoms with Crippen LogP contribution in [-0.2, 0) is 21.5 Å². The van der Waals surface area contributed by atoms with Crippen molar-refractivity contribution in [3.05, 3.63) is 65.7 Å². The van der Waals surface area contributed by atoms with Crippen LogP contribution in [0.15, 0.2) is 54.6 Å². The summed E-state index contributed by atoms with van der Waals surface area (Å²) in [6.07, 6.45) is 4.24. The number of carbonyl (C=O) groups excluding carboxylic acids is 1. The first-order chi connectivity index (χ1) is 14.9. The van der Waals surface area contributed by atoms with Gasteiger partial charge in [-0.1, -0.05) is 62.4 Å². The molecule has 0 aliphatic carbocycles. The summed E-state index contributed by atoms with van der Waals surface area (Å²) in [4.78, 5) is 14.8. The number of carbonyl (C=O) groups is 1. The first-order valence-corrected chi connectivity index (χ1v) is 11.5. The quantitative estimate of drug-likeness (QED) is 0.516. The molecule has 1 aliphatic heterocycles. The van der Waals surface area contributed by atoms with Crippen molar-refractivity contribution >= 4 is 5.91 Å². The lowest BCUT2D eigenvalue weighted by Gasteiger charge is -2.47. The minimum absolute atomic E-state index is 0.0847. The fourth-order valence-corrected chi connectivity index (χ4v) is 4.90. The van der Waals surface area contributed by atoms with Crippen molar-refractivity contribution in [3.8, 4) is 5.75 Å². The van der Waals surface area contributed by atoms with Crippen molar-refractivity contribution < 1.29 is 14.3 Å². The van der Waals surface area contributed by atoms with Crippen LogP contribution >= 0.6 is 0 Å². The van der Waals surface area contributed by atoms with Gasteiger partial charge in [0.25, 0.3) is 0 Å². The van der Waals surface area contributed by atoms with Crippen LogP contribution in [0.4, 0.5) is 0 Å². The highest BCUT2D eigenvalue weighted by Gasteiger charge is 2.45. The molecule has 3 rings (SSSR count). The standard InChI is InChI=1S/C27H37NO3/c1-5-25(29)28(20-22-12-8-7-9-13-22)18-16-27(17-19-31-26(3,6-2)21-27)23-14-10-11-15-24(23)30-4/h7-15H,5-6,16-21H2,1-4H3/t26-,27+/m0/s1. The zero-order chi connectivity index (χ0) is 22.3. The lowest BCUT2D eigenvalue weighted by Crippen LogP contribution is -2.47. The highest BCUT2D eigenvalue weighted by Crippen LogP contribution is 2.48. The Kier molecular flexibility index (Phi) is 7.77. The third-order valence-electron chi connectivity index (χ3n) is 6.90. The molecule has 4 heteroatoms. The van der Waals surface area contributed by atoms with Gasteiger partial charge in [-0.25, -0.2) is 0 Å². The molecule has 0 saturated carbocycles. The molecular weight excluding hydrogens is 386 g/mol. The van der Waals surface area contributed by atoms with Crippen LogP contribution in [-0.4, -0.2) is 36.7 Å². The first kappa shape index (κ1) is 23.3. The van der Waals surface area contributed by atoms with Crippen molar-refractivity contribution in [2.24, 2.45) is 0 Å². The Morgan fingerprint density at radius 3 is 2.48 bits per heavy atom. The second kappa shape index (κ2) is 10.3. The summed E-state index contributed by atoms with van der Waals surface area (Å²) in [6, 6.07) is 18.6.